The van der Waals surface area contributed by atoms with Crippen molar-refractivity contribution in [3.8, 4) is 0 Å². The molecule has 2 nitrogen and oxygen atoms in total. The smallest absolute Gasteiger partial charge is 0.0837 e. The van der Waals surface area contributed by atoms with Crippen LogP contribution >= 0.6 is 0 Å². The maximum absolute atomic E-state index is 10.0. The average Bonchev–Trinajstić information content (AvgIpc) is 2.72. The van der Waals surface area contributed by atoms with Gasteiger partial charge < -0.3 is 9.84 Å². The average molecular weight is 156 g/mol. The molecule has 1 saturated heterocycles. The molecule has 1 atom stereocenters. The Kier molecular flexibility index (Phi) is 1.90. The lowest BCUT2D eigenvalue weighted by atomic mass is 9.82. The standard InChI is InChI=1S/C9H16O2/c10-9(6-8-7-11-8)4-2-1-3-5-9/h8,10H,1-7H2/t8-/m0/s1. The van der Waals surface area contributed by atoms with Crippen molar-refractivity contribution in [1.29, 1.82) is 0 Å². The minimum absolute atomic E-state index is 0.362. The van der Waals surface area contributed by atoms with Gasteiger partial charge in [0.1, 0.15) is 0 Å². The molecule has 1 saturated carbocycles. The molecule has 1 N–H and O–H groups in total. The van der Waals surface area contributed by atoms with Crippen LogP contribution in [0.5, 0.6) is 0 Å². The van der Waals surface area contributed by atoms with E-state index in [0.29, 0.717) is 6.10 Å². The van der Waals surface area contributed by atoms with Gasteiger partial charge in [-0.15, -0.1) is 0 Å². The zero-order chi connectivity index (χ0) is 7.73. The number of hydrogen-bond acceptors (Lipinski definition) is 2. The first-order valence-electron chi connectivity index (χ1n) is 4.63. The summed E-state index contributed by atoms with van der Waals surface area (Å²) >= 11 is 0. The fourth-order valence-corrected chi connectivity index (χ4v) is 2.02. The highest BCUT2D eigenvalue weighted by atomic mass is 16.6. The Morgan fingerprint density at radius 2 is 1.91 bits per heavy atom. The lowest BCUT2D eigenvalue weighted by molar-refractivity contribution is -0.00950. The molecular formula is C9H16O2. The van der Waals surface area contributed by atoms with Gasteiger partial charge in [0.15, 0.2) is 0 Å². The summed E-state index contributed by atoms with van der Waals surface area (Å²) in [5, 5.41) is 10.0. The summed E-state index contributed by atoms with van der Waals surface area (Å²) in [7, 11) is 0. The van der Waals surface area contributed by atoms with Crippen LogP contribution in [0.3, 0.4) is 0 Å². The molecule has 2 aliphatic rings. The van der Waals surface area contributed by atoms with E-state index in [1.54, 1.807) is 0 Å². The first-order chi connectivity index (χ1) is 5.29. The molecule has 0 unspecified atom stereocenters. The second-order valence-corrected chi connectivity index (χ2v) is 3.94. The van der Waals surface area contributed by atoms with Crippen LogP contribution in [0.1, 0.15) is 38.5 Å². The third kappa shape index (κ3) is 1.94. The van der Waals surface area contributed by atoms with E-state index in [9.17, 15) is 5.11 Å². The normalized spacial score (nSPS) is 35.2. The van der Waals surface area contributed by atoms with E-state index in [2.05, 4.69) is 0 Å². The minimum atomic E-state index is -0.362. The first kappa shape index (κ1) is 7.56. The highest BCUT2D eigenvalue weighted by Crippen LogP contribution is 2.34. The van der Waals surface area contributed by atoms with Crippen molar-refractivity contribution in [2.45, 2.75) is 50.2 Å². The van der Waals surface area contributed by atoms with Gasteiger partial charge in [0, 0.05) is 6.42 Å². The van der Waals surface area contributed by atoms with Crippen molar-refractivity contribution in [3.05, 3.63) is 0 Å². The van der Waals surface area contributed by atoms with Crippen LogP contribution in [-0.2, 0) is 4.74 Å². The van der Waals surface area contributed by atoms with Crippen LogP contribution < -0.4 is 0 Å². The van der Waals surface area contributed by atoms with E-state index < -0.39 is 0 Å². The third-order valence-corrected chi connectivity index (χ3v) is 2.79. The zero-order valence-corrected chi connectivity index (χ0v) is 6.88. The van der Waals surface area contributed by atoms with Crippen LogP contribution in [-0.4, -0.2) is 23.4 Å². The predicted octanol–water partition coefficient (Wildman–Crippen LogP) is 1.47. The number of aliphatic hydroxyl groups is 1. The largest absolute Gasteiger partial charge is 0.390 e. The van der Waals surface area contributed by atoms with Crippen molar-refractivity contribution >= 4 is 0 Å². The van der Waals surface area contributed by atoms with E-state index in [1.807, 2.05) is 0 Å². The number of rotatable bonds is 2. The van der Waals surface area contributed by atoms with Gasteiger partial charge in [0.05, 0.1) is 18.3 Å². The summed E-state index contributed by atoms with van der Waals surface area (Å²) < 4.78 is 5.12. The zero-order valence-electron chi connectivity index (χ0n) is 6.88. The van der Waals surface area contributed by atoms with Crippen molar-refractivity contribution in [2.75, 3.05) is 6.61 Å². The van der Waals surface area contributed by atoms with Gasteiger partial charge >= 0.3 is 0 Å². The first-order valence-corrected chi connectivity index (χ1v) is 4.63. The number of hydrogen-bond donors (Lipinski definition) is 1. The Morgan fingerprint density at radius 3 is 2.45 bits per heavy atom. The topological polar surface area (TPSA) is 32.8 Å². The summed E-state index contributed by atoms with van der Waals surface area (Å²) in [6, 6.07) is 0. The molecule has 0 aromatic carbocycles. The molecule has 64 valence electrons. The molecular weight excluding hydrogens is 140 g/mol. The van der Waals surface area contributed by atoms with E-state index >= 15 is 0 Å². The van der Waals surface area contributed by atoms with Crippen LogP contribution in [0.4, 0.5) is 0 Å². The Labute approximate surface area is 67.6 Å². The Balaban J connectivity index is 1.84. The maximum atomic E-state index is 10.0. The lowest BCUT2D eigenvalue weighted by Crippen LogP contribution is -2.32. The van der Waals surface area contributed by atoms with Crippen LogP contribution in [0.2, 0.25) is 0 Å². The molecule has 2 heteroatoms. The Morgan fingerprint density at radius 1 is 1.27 bits per heavy atom. The van der Waals surface area contributed by atoms with Gasteiger partial charge in [0.25, 0.3) is 0 Å². The SMILES string of the molecule is OC1(C[C@H]2CO2)CCCCC1. The van der Waals surface area contributed by atoms with Crippen molar-refractivity contribution < 1.29 is 9.84 Å². The molecule has 2 fully saturated rings. The van der Waals surface area contributed by atoms with Gasteiger partial charge in [0.2, 0.25) is 0 Å². The van der Waals surface area contributed by atoms with Gasteiger partial charge in [-0.3, -0.25) is 0 Å². The van der Waals surface area contributed by atoms with Crippen LogP contribution in [0.15, 0.2) is 0 Å². The molecule has 0 spiro atoms. The molecule has 11 heavy (non-hydrogen) atoms. The summed E-state index contributed by atoms with van der Waals surface area (Å²) in [6.45, 7) is 0.877. The third-order valence-electron chi connectivity index (χ3n) is 2.79. The molecule has 1 aliphatic carbocycles. The fourth-order valence-electron chi connectivity index (χ4n) is 2.02. The molecule has 0 aromatic heterocycles. The maximum Gasteiger partial charge on any atom is 0.0837 e. The molecule has 1 aliphatic heterocycles. The van der Waals surface area contributed by atoms with Gasteiger partial charge in [-0.05, 0) is 12.8 Å². The summed E-state index contributed by atoms with van der Waals surface area (Å²) in [5.74, 6) is 0. The van der Waals surface area contributed by atoms with Crippen LogP contribution in [0, 0.1) is 0 Å². The molecule has 1 heterocycles. The second kappa shape index (κ2) is 2.76. The number of ether oxygens (including phenoxy) is 1. The minimum Gasteiger partial charge on any atom is -0.390 e. The Bertz CT molecular complexity index is 134. The summed E-state index contributed by atoms with van der Waals surface area (Å²) in [6.07, 6.45) is 6.95. The Hall–Kier alpha value is -0.0800. The van der Waals surface area contributed by atoms with Gasteiger partial charge in [-0.25, -0.2) is 0 Å². The molecule has 2 rings (SSSR count). The molecule has 0 aromatic rings. The van der Waals surface area contributed by atoms with Gasteiger partial charge in [-0.2, -0.15) is 0 Å². The second-order valence-electron chi connectivity index (χ2n) is 3.94. The lowest BCUT2D eigenvalue weighted by Gasteiger charge is -2.31. The van der Waals surface area contributed by atoms with Crippen molar-refractivity contribution in [1.82, 2.24) is 0 Å². The van der Waals surface area contributed by atoms with E-state index in [4.69, 9.17) is 4.74 Å². The molecule has 0 amide bonds. The van der Waals surface area contributed by atoms with Crippen molar-refractivity contribution in [2.24, 2.45) is 0 Å². The highest BCUT2D eigenvalue weighted by molar-refractivity contribution is 4.88. The van der Waals surface area contributed by atoms with E-state index in [0.717, 1.165) is 25.9 Å². The van der Waals surface area contributed by atoms with Crippen molar-refractivity contribution in [3.63, 3.8) is 0 Å². The highest BCUT2D eigenvalue weighted by Gasteiger charge is 2.36. The molecule has 0 radical (unpaired) electrons. The van der Waals surface area contributed by atoms with E-state index in [1.165, 1.54) is 19.3 Å². The quantitative estimate of drug-likeness (QED) is 0.614. The summed E-state index contributed by atoms with van der Waals surface area (Å²) in [5.41, 5.74) is -0.362. The van der Waals surface area contributed by atoms with Gasteiger partial charge in [-0.1, -0.05) is 19.3 Å². The monoisotopic (exact) mass is 156 g/mol. The van der Waals surface area contributed by atoms with E-state index in [-0.39, 0.29) is 5.60 Å². The molecule has 0 bridgehead atoms. The summed E-state index contributed by atoms with van der Waals surface area (Å²) in [4.78, 5) is 0. The predicted molar refractivity (Wildman–Crippen MR) is 42.4 cm³/mol. The number of epoxide rings is 1. The fraction of sp³-hybridized carbons (Fsp3) is 1.00. The van der Waals surface area contributed by atoms with Crippen LogP contribution in [0.25, 0.3) is 0 Å².